The molecule has 1 aromatic carbocycles. The van der Waals surface area contributed by atoms with Crippen LogP contribution in [0.2, 0.25) is 0 Å². The van der Waals surface area contributed by atoms with Gasteiger partial charge in [-0.05, 0) is 30.3 Å². The average molecular weight is 276 g/mol. The minimum atomic E-state index is -0.344. The Balaban J connectivity index is 2.11. The highest BCUT2D eigenvalue weighted by molar-refractivity contribution is 6.02. The highest BCUT2D eigenvalue weighted by Gasteiger charge is 2.07. The van der Waals surface area contributed by atoms with E-state index in [1.54, 1.807) is 36.4 Å². The molecule has 3 N–H and O–H groups in total. The van der Waals surface area contributed by atoms with Crippen LogP contribution in [0.3, 0.4) is 0 Å². The number of hydrogen-bond acceptors (Lipinski definition) is 4. The monoisotopic (exact) mass is 276 g/mol. The van der Waals surface area contributed by atoms with Crippen LogP contribution in [0.1, 0.15) is 21.6 Å². The second-order valence-electron chi connectivity index (χ2n) is 4.08. The molecule has 0 unspecified atom stereocenters. The van der Waals surface area contributed by atoms with Gasteiger partial charge in [0, 0.05) is 17.4 Å². The van der Waals surface area contributed by atoms with Gasteiger partial charge in [0.05, 0.1) is 18.2 Å². The van der Waals surface area contributed by atoms with Gasteiger partial charge in [0.2, 0.25) is 0 Å². The van der Waals surface area contributed by atoms with Crippen LogP contribution in [0, 0.1) is 23.2 Å². The third kappa shape index (κ3) is 3.90. The van der Waals surface area contributed by atoms with Crippen molar-refractivity contribution in [3.63, 3.8) is 0 Å². The first-order chi connectivity index (χ1) is 10.2. The molecule has 0 aliphatic carbocycles. The van der Waals surface area contributed by atoms with E-state index >= 15 is 0 Å². The third-order valence-electron chi connectivity index (χ3n) is 2.58. The number of nitrogens with one attached hydrogen (secondary N) is 1. The molecule has 0 saturated heterocycles. The normalized spacial score (nSPS) is 9.14. The first kappa shape index (κ1) is 14.3. The number of nitrogens with zero attached hydrogens (tertiary/aromatic N) is 2. The van der Waals surface area contributed by atoms with Crippen LogP contribution in [-0.2, 0) is 0 Å². The van der Waals surface area contributed by atoms with E-state index in [0.717, 1.165) is 0 Å². The standard InChI is InChI=1S/C16H12N4O/c17-8-2-4-12-6-7-15(19-11-12)16(21)20-14-5-1-3-13(9-14)10-18/h1,3,5-7,9,11H,8,17H2,(H,20,21). The Hall–Kier alpha value is -3.15. The molecule has 102 valence electrons. The second-order valence-corrected chi connectivity index (χ2v) is 4.08. The molecule has 2 rings (SSSR count). The summed E-state index contributed by atoms with van der Waals surface area (Å²) in [6.07, 6.45) is 1.52. The van der Waals surface area contributed by atoms with Gasteiger partial charge in [-0.2, -0.15) is 5.26 Å². The van der Waals surface area contributed by atoms with Gasteiger partial charge in [-0.25, -0.2) is 4.98 Å². The summed E-state index contributed by atoms with van der Waals surface area (Å²) < 4.78 is 0. The van der Waals surface area contributed by atoms with Gasteiger partial charge >= 0.3 is 0 Å². The molecule has 0 radical (unpaired) electrons. The molecule has 0 atom stereocenters. The highest BCUT2D eigenvalue weighted by atomic mass is 16.1. The number of benzene rings is 1. The van der Waals surface area contributed by atoms with Crippen LogP contribution in [0.25, 0.3) is 0 Å². The number of carbonyl (C=O) groups is 1. The van der Waals surface area contributed by atoms with Crippen molar-refractivity contribution < 1.29 is 4.79 Å². The highest BCUT2D eigenvalue weighted by Crippen LogP contribution is 2.11. The summed E-state index contributed by atoms with van der Waals surface area (Å²) >= 11 is 0. The summed E-state index contributed by atoms with van der Waals surface area (Å²) in [5.41, 5.74) is 7.28. The molecule has 0 spiro atoms. The maximum Gasteiger partial charge on any atom is 0.274 e. The van der Waals surface area contributed by atoms with Crippen molar-refractivity contribution in [2.24, 2.45) is 5.73 Å². The predicted octanol–water partition coefficient (Wildman–Crippen LogP) is 1.52. The molecule has 0 saturated carbocycles. The zero-order valence-corrected chi connectivity index (χ0v) is 11.1. The fraction of sp³-hybridized carbons (Fsp3) is 0.0625. The largest absolute Gasteiger partial charge is 0.321 e. The topological polar surface area (TPSA) is 91.8 Å². The zero-order valence-electron chi connectivity index (χ0n) is 11.1. The first-order valence-electron chi connectivity index (χ1n) is 6.19. The van der Waals surface area contributed by atoms with Crippen molar-refractivity contribution in [1.82, 2.24) is 4.98 Å². The smallest absolute Gasteiger partial charge is 0.274 e. The lowest BCUT2D eigenvalue weighted by molar-refractivity contribution is 0.102. The van der Waals surface area contributed by atoms with Gasteiger partial charge in [-0.15, -0.1) is 0 Å². The maximum absolute atomic E-state index is 12.0. The van der Waals surface area contributed by atoms with E-state index in [1.807, 2.05) is 6.07 Å². The quantitative estimate of drug-likeness (QED) is 0.813. The predicted molar refractivity (Wildman–Crippen MR) is 79.3 cm³/mol. The van der Waals surface area contributed by atoms with Gasteiger partial charge in [-0.1, -0.05) is 17.9 Å². The fourth-order valence-electron chi connectivity index (χ4n) is 1.62. The Morgan fingerprint density at radius 1 is 1.29 bits per heavy atom. The maximum atomic E-state index is 12.0. The van der Waals surface area contributed by atoms with E-state index in [0.29, 0.717) is 16.8 Å². The van der Waals surface area contributed by atoms with Gasteiger partial charge in [0.15, 0.2) is 0 Å². The van der Waals surface area contributed by atoms with Gasteiger partial charge in [0.25, 0.3) is 5.91 Å². The van der Waals surface area contributed by atoms with Crippen LogP contribution in [0.15, 0.2) is 42.6 Å². The van der Waals surface area contributed by atoms with Crippen molar-refractivity contribution in [2.45, 2.75) is 0 Å². The molecule has 1 amide bonds. The molecular weight excluding hydrogens is 264 g/mol. The summed E-state index contributed by atoms with van der Waals surface area (Å²) in [7, 11) is 0. The van der Waals surface area contributed by atoms with Crippen molar-refractivity contribution in [1.29, 1.82) is 5.26 Å². The van der Waals surface area contributed by atoms with Crippen LogP contribution >= 0.6 is 0 Å². The Morgan fingerprint density at radius 3 is 2.81 bits per heavy atom. The van der Waals surface area contributed by atoms with E-state index in [1.165, 1.54) is 6.20 Å². The molecule has 1 heterocycles. The molecule has 2 aromatic rings. The number of pyridine rings is 1. The van der Waals surface area contributed by atoms with Gasteiger partial charge < -0.3 is 11.1 Å². The van der Waals surface area contributed by atoms with Crippen molar-refractivity contribution in [3.8, 4) is 17.9 Å². The van der Waals surface area contributed by atoms with Crippen LogP contribution < -0.4 is 11.1 Å². The fourth-order valence-corrected chi connectivity index (χ4v) is 1.62. The minimum Gasteiger partial charge on any atom is -0.321 e. The van der Waals surface area contributed by atoms with Crippen molar-refractivity contribution in [2.75, 3.05) is 11.9 Å². The number of nitriles is 1. The molecule has 0 bridgehead atoms. The number of rotatable bonds is 2. The lowest BCUT2D eigenvalue weighted by Gasteiger charge is -2.04. The van der Waals surface area contributed by atoms with Crippen molar-refractivity contribution in [3.05, 3.63) is 59.4 Å². The Labute approximate surface area is 122 Å². The van der Waals surface area contributed by atoms with E-state index in [-0.39, 0.29) is 18.1 Å². The number of aromatic nitrogens is 1. The van der Waals surface area contributed by atoms with E-state index in [2.05, 4.69) is 22.1 Å². The molecule has 0 aliphatic rings. The summed E-state index contributed by atoms with van der Waals surface area (Å²) in [6.45, 7) is 0.275. The summed E-state index contributed by atoms with van der Waals surface area (Å²) in [4.78, 5) is 16.1. The van der Waals surface area contributed by atoms with Crippen LogP contribution in [0.5, 0.6) is 0 Å². The van der Waals surface area contributed by atoms with Crippen LogP contribution in [0.4, 0.5) is 5.69 Å². The number of nitrogens with two attached hydrogens (primary N) is 1. The lowest BCUT2D eigenvalue weighted by atomic mass is 10.2. The van der Waals surface area contributed by atoms with E-state index in [9.17, 15) is 4.79 Å². The number of amides is 1. The van der Waals surface area contributed by atoms with Crippen molar-refractivity contribution >= 4 is 11.6 Å². The molecule has 21 heavy (non-hydrogen) atoms. The summed E-state index contributed by atoms with van der Waals surface area (Å²) in [5.74, 6) is 5.20. The number of hydrogen-bond donors (Lipinski definition) is 2. The van der Waals surface area contributed by atoms with E-state index < -0.39 is 0 Å². The summed E-state index contributed by atoms with van der Waals surface area (Å²) in [5, 5.41) is 11.5. The molecule has 0 aliphatic heterocycles. The number of carbonyl (C=O) groups excluding carboxylic acids is 1. The Bertz CT molecular complexity index is 748. The molecule has 0 fully saturated rings. The zero-order chi connectivity index (χ0) is 15.1. The third-order valence-corrected chi connectivity index (χ3v) is 2.58. The van der Waals surface area contributed by atoms with E-state index in [4.69, 9.17) is 11.0 Å². The summed E-state index contributed by atoms with van der Waals surface area (Å²) in [6, 6.07) is 12.0. The molecule has 5 heteroatoms. The number of anilines is 1. The van der Waals surface area contributed by atoms with Crippen LogP contribution in [-0.4, -0.2) is 17.4 Å². The average Bonchev–Trinajstić information content (AvgIpc) is 2.53. The molecule has 5 nitrogen and oxygen atoms in total. The SMILES string of the molecule is N#Cc1cccc(NC(=O)c2ccc(C#CCN)cn2)c1. The Morgan fingerprint density at radius 2 is 2.14 bits per heavy atom. The first-order valence-corrected chi connectivity index (χ1v) is 6.19. The molecular formula is C16H12N4O. The molecule has 1 aromatic heterocycles. The minimum absolute atomic E-state index is 0.274. The van der Waals surface area contributed by atoms with Gasteiger partial charge in [-0.3, -0.25) is 4.79 Å². The van der Waals surface area contributed by atoms with Gasteiger partial charge in [0.1, 0.15) is 5.69 Å². The Kier molecular flexibility index (Phi) is 4.66. The lowest BCUT2D eigenvalue weighted by Crippen LogP contribution is -2.13. The second kappa shape index (κ2) is 6.85.